The number of aromatic nitrogens is 2. The van der Waals surface area contributed by atoms with Gasteiger partial charge in [0.15, 0.2) is 11.6 Å². The van der Waals surface area contributed by atoms with Gasteiger partial charge in [-0.2, -0.15) is 0 Å². The van der Waals surface area contributed by atoms with Crippen molar-refractivity contribution in [1.82, 2.24) is 20.6 Å². The molecule has 134 valence electrons. The highest BCUT2D eigenvalue weighted by molar-refractivity contribution is 5.97. The van der Waals surface area contributed by atoms with Crippen LogP contribution in [-0.2, 0) is 0 Å². The van der Waals surface area contributed by atoms with E-state index in [1.165, 1.54) is 38.1 Å². The lowest BCUT2D eigenvalue weighted by Gasteiger charge is -2.07. The molecule has 0 spiro atoms. The fourth-order valence-electron chi connectivity index (χ4n) is 2.05. The van der Waals surface area contributed by atoms with Crippen LogP contribution >= 0.6 is 0 Å². The Labute approximate surface area is 150 Å². The first-order valence-corrected chi connectivity index (χ1v) is 7.91. The van der Waals surface area contributed by atoms with Crippen LogP contribution < -0.4 is 10.6 Å². The molecule has 2 rings (SSSR count). The van der Waals surface area contributed by atoms with Crippen molar-refractivity contribution in [2.24, 2.45) is 0 Å². The highest BCUT2D eigenvalue weighted by Gasteiger charge is 2.11. The molecule has 0 saturated carbocycles. The summed E-state index contributed by atoms with van der Waals surface area (Å²) >= 11 is 0. The van der Waals surface area contributed by atoms with Gasteiger partial charge in [0, 0.05) is 26.9 Å². The standard InChI is InChI=1S/C18H18N4O4/c1-11(23)13-5-3-7-15(21-13)17(25)19-9-10-20-18(26)16-8-4-6-14(22-16)12(2)24/h3-8H,9-10H2,1-2H3,(H,19,25)(H,20,26). The summed E-state index contributed by atoms with van der Waals surface area (Å²) in [6.07, 6.45) is 0. The highest BCUT2D eigenvalue weighted by Crippen LogP contribution is 2.01. The van der Waals surface area contributed by atoms with Crippen LogP contribution in [0.5, 0.6) is 0 Å². The normalized spacial score (nSPS) is 10.1. The second-order valence-electron chi connectivity index (χ2n) is 5.44. The minimum atomic E-state index is -0.445. The Morgan fingerprint density at radius 1 is 0.692 bits per heavy atom. The van der Waals surface area contributed by atoms with Gasteiger partial charge in [-0.15, -0.1) is 0 Å². The number of Topliss-reactive ketones (excluding diaryl/α,β-unsaturated/α-hetero) is 2. The van der Waals surface area contributed by atoms with E-state index in [0.717, 1.165) is 0 Å². The Morgan fingerprint density at radius 2 is 1.04 bits per heavy atom. The number of carbonyl (C=O) groups excluding carboxylic acids is 4. The van der Waals surface area contributed by atoms with E-state index in [1.807, 2.05) is 0 Å². The van der Waals surface area contributed by atoms with Gasteiger partial charge in [0.05, 0.1) is 0 Å². The molecule has 0 bridgehead atoms. The fourth-order valence-corrected chi connectivity index (χ4v) is 2.05. The lowest BCUT2D eigenvalue weighted by Crippen LogP contribution is -2.35. The molecule has 0 fully saturated rings. The van der Waals surface area contributed by atoms with E-state index in [-0.39, 0.29) is 47.4 Å². The molecular formula is C18H18N4O4. The Bertz CT molecular complexity index is 792. The first kappa shape index (κ1) is 18.9. The Balaban J connectivity index is 1.84. The third kappa shape index (κ3) is 5.04. The number of amides is 2. The van der Waals surface area contributed by atoms with Crippen LogP contribution in [0, 0.1) is 0 Å². The van der Waals surface area contributed by atoms with E-state index in [0.29, 0.717) is 0 Å². The maximum Gasteiger partial charge on any atom is 0.269 e. The van der Waals surface area contributed by atoms with Crippen LogP contribution in [-0.4, -0.2) is 46.4 Å². The summed E-state index contributed by atoms with van der Waals surface area (Å²) < 4.78 is 0. The number of nitrogens with one attached hydrogen (secondary N) is 2. The summed E-state index contributed by atoms with van der Waals surface area (Å²) in [5.74, 6) is -1.35. The van der Waals surface area contributed by atoms with Crippen molar-refractivity contribution in [3.05, 3.63) is 59.2 Å². The summed E-state index contributed by atoms with van der Waals surface area (Å²) in [5, 5.41) is 5.20. The molecule has 0 unspecified atom stereocenters. The van der Waals surface area contributed by atoms with Gasteiger partial charge in [0.2, 0.25) is 0 Å². The predicted octanol–water partition coefficient (Wildman–Crippen LogP) is 1.04. The van der Waals surface area contributed by atoms with Crippen LogP contribution in [0.4, 0.5) is 0 Å². The third-order valence-electron chi connectivity index (χ3n) is 3.38. The van der Waals surface area contributed by atoms with E-state index in [9.17, 15) is 19.2 Å². The lowest BCUT2D eigenvalue weighted by atomic mass is 10.2. The molecule has 8 heteroatoms. The smallest absolute Gasteiger partial charge is 0.269 e. The topological polar surface area (TPSA) is 118 Å². The first-order chi connectivity index (χ1) is 12.4. The van der Waals surface area contributed by atoms with Crippen molar-refractivity contribution >= 4 is 23.4 Å². The molecule has 26 heavy (non-hydrogen) atoms. The molecule has 0 aliphatic heterocycles. The number of hydrogen-bond donors (Lipinski definition) is 2. The van der Waals surface area contributed by atoms with Crippen molar-refractivity contribution in [3.63, 3.8) is 0 Å². The first-order valence-electron chi connectivity index (χ1n) is 7.91. The molecule has 2 aromatic rings. The van der Waals surface area contributed by atoms with Crippen LogP contribution in [0.1, 0.15) is 55.8 Å². The van der Waals surface area contributed by atoms with Crippen LogP contribution in [0.3, 0.4) is 0 Å². The monoisotopic (exact) mass is 354 g/mol. The molecule has 2 N–H and O–H groups in total. The number of nitrogens with zero attached hydrogens (tertiary/aromatic N) is 2. The zero-order valence-corrected chi connectivity index (χ0v) is 14.4. The van der Waals surface area contributed by atoms with Gasteiger partial charge >= 0.3 is 0 Å². The summed E-state index contributed by atoms with van der Waals surface area (Å²) in [6, 6.07) is 9.21. The Hall–Kier alpha value is -3.42. The van der Waals surface area contributed by atoms with Crippen molar-refractivity contribution in [1.29, 1.82) is 0 Å². The number of hydrogen-bond acceptors (Lipinski definition) is 6. The minimum Gasteiger partial charge on any atom is -0.349 e. The number of carbonyl (C=O) groups is 4. The summed E-state index contributed by atoms with van der Waals surface area (Å²) in [5.41, 5.74) is 0.671. The van der Waals surface area contributed by atoms with Crippen molar-refractivity contribution in [3.8, 4) is 0 Å². The van der Waals surface area contributed by atoms with Gasteiger partial charge in [-0.1, -0.05) is 12.1 Å². The molecule has 0 saturated heterocycles. The van der Waals surface area contributed by atoms with Crippen molar-refractivity contribution in [2.75, 3.05) is 13.1 Å². The second-order valence-corrected chi connectivity index (χ2v) is 5.44. The fraction of sp³-hybridized carbons (Fsp3) is 0.222. The quantitative estimate of drug-likeness (QED) is 0.566. The molecule has 2 heterocycles. The molecule has 0 aromatic carbocycles. The maximum absolute atomic E-state index is 12.0. The summed E-state index contributed by atoms with van der Waals surface area (Å²) in [4.78, 5) is 54.5. The lowest BCUT2D eigenvalue weighted by molar-refractivity contribution is 0.0921. The molecule has 0 aliphatic carbocycles. The molecule has 0 aliphatic rings. The van der Waals surface area contributed by atoms with E-state index in [1.54, 1.807) is 12.1 Å². The highest BCUT2D eigenvalue weighted by atomic mass is 16.2. The number of pyridine rings is 2. The van der Waals surface area contributed by atoms with Crippen molar-refractivity contribution in [2.45, 2.75) is 13.8 Å². The molecule has 2 amide bonds. The largest absolute Gasteiger partial charge is 0.349 e. The van der Waals surface area contributed by atoms with E-state index >= 15 is 0 Å². The van der Waals surface area contributed by atoms with E-state index in [2.05, 4.69) is 20.6 Å². The van der Waals surface area contributed by atoms with Crippen LogP contribution in [0.15, 0.2) is 36.4 Å². The number of rotatable bonds is 7. The van der Waals surface area contributed by atoms with Crippen LogP contribution in [0.25, 0.3) is 0 Å². The number of ketones is 2. The molecule has 2 aromatic heterocycles. The van der Waals surface area contributed by atoms with Crippen molar-refractivity contribution < 1.29 is 19.2 Å². The molecule has 0 radical (unpaired) electrons. The second kappa shape index (κ2) is 8.61. The Morgan fingerprint density at radius 3 is 1.38 bits per heavy atom. The summed E-state index contributed by atoms with van der Waals surface area (Å²) in [6.45, 7) is 3.08. The zero-order valence-electron chi connectivity index (χ0n) is 14.4. The van der Waals surface area contributed by atoms with Crippen LogP contribution in [0.2, 0.25) is 0 Å². The Kier molecular flexibility index (Phi) is 6.26. The van der Waals surface area contributed by atoms with Gasteiger partial charge in [-0.25, -0.2) is 9.97 Å². The average Bonchev–Trinajstić information content (AvgIpc) is 2.65. The van der Waals surface area contributed by atoms with Gasteiger partial charge in [0.1, 0.15) is 22.8 Å². The summed E-state index contributed by atoms with van der Waals surface area (Å²) in [7, 11) is 0. The van der Waals surface area contributed by atoms with Gasteiger partial charge in [0.25, 0.3) is 11.8 Å². The SMILES string of the molecule is CC(=O)c1cccc(C(=O)NCCNC(=O)c2cccc(C(C)=O)n2)n1. The zero-order chi connectivity index (χ0) is 19.1. The maximum atomic E-state index is 12.0. The molecular weight excluding hydrogens is 336 g/mol. The molecule has 0 atom stereocenters. The van der Waals surface area contributed by atoms with Gasteiger partial charge < -0.3 is 10.6 Å². The third-order valence-corrected chi connectivity index (χ3v) is 3.38. The van der Waals surface area contributed by atoms with E-state index < -0.39 is 11.8 Å². The average molecular weight is 354 g/mol. The van der Waals surface area contributed by atoms with Gasteiger partial charge in [-0.05, 0) is 24.3 Å². The minimum absolute atomic E-state index is 0.125. The molecule has 8 nitrogen and oxygen atoms in total. The predicted molar refractivity (Wildman–Crippen MR) is 93.1 cm³/mol. The van der Waals surface area contributed by atoms with E-state index in [4.69, 9.17) is 0 Å². The van der Waals surface area contributed by atoms with Gasteiger partial charge in [-0.3, -0.25) is 19.2 Å².